The molecule has 3 aliphatic rings. The molecule has 1 fully saturated rings. The molecular weight excluding hydrogens is 411 g/mol. The lowest BCUT2D eigenvalue weighted by atomic mass is 9.48. The number of alkyl halides is 3. The van der Waals surface area contributed by atoms with Crippen molar-refractivity contribution >= 4 is 11.6 Å². The van der Waals surface area contributed by atoms with Crippen LogP contribution in [0.25, 0.3) is 0 Å². The second-order valence-electron chi connectivity index (χ2n) is 11.1. The summed E-state index contributed by atoms with van der Waals surface area (Å²) in [6.45, 7) is 9.04. The van der Waals surface area contributed by atoms with Crippen LogP contribution < -0.4 is 5.32 Å². The topological polar surface area (TPSA) is 29.1 Å². The fraction of sp³-hybridized carbons (Fsp3) is 0.667. The molecule has 0 saturated heterocycles. The third-order valence-corrected chi connectivity index (χ3v) is 8.96. The standard InChI is InChI=1S/C27H36F3NO/c1-17(2)18-9-11-22-19(15-18)10-12-23-25(22,3)13-6-14-26(23,4)24(32)31-21-8-5-7-20(16-21)27(28,29)30/h5,7-8,16-18,23H,6,9-15H2,1-4H3,(H,31,32)/t18?,23?,25?,26-/m1/s1. The maximum absolute atomic E-state index is 13.5. The van der Waals surface area contributed by atoms with Gasteiger partial charge in [-0.05, 0) is 86.3 Å². The minimum absolute atomic E-state index is 0.0215. The lowest BCUT2D eigenvalue weighted by Crippen LogP contribution is -2.52. The van der Waals surface area contributed by atoms with Gasteiger partial charge in [0.05, 0.1) is 11.0 Å². The Kier molecular flexibility index (Phi) is 6.00. The van der Waals surface area contributed by atoms with Crippen molar-refractivity contribution in [1.82, 2.24) is 0 Å². The van der Waals surface area contributed by atoms with Gasteiger partial charge in [0.1, 0.15) is 0 Å². The Balaban J connectivity index is 1.59. The molecule has 1 saturated carbocycles. The van der Waals surface area contributed by atoms with Crippen molar-refractivity contribution < 1.29 is 18.0 Å². The number of fused-ring (bicyclic) bond motifs is 2. The van der Waals surface area contributed by atoms with Crippen molar-refractivity contribution in [2.75, 3.05) is 5.32 Å². The molecule has 3 aliphatic carbocycles. The first kappa shape index (κ1) is 23.4. The molecule has 4 atom stereocenters. The fourth-order valence-electron chi connectivity index (χ4n) is 7.07. The van der Waals surface area contributed by atoms with E-state index in [9.17, 15) is 18.0 Å². The Hall–Kier alpha value is -1.78. The summed E-state index contributed by atoms with van der Waals surface area (Å²) < 4.78 is 39.4. The zero-order chi connectivity index (χ0) is 23.3. The summed E-state index contributed by atoms with van der Waals surface area (Å²) in [6, 6.07) is 4.99. The minimum Gasteiger partial charge on any atom is -0.326 e. The van der Waals surface area contributed by atoms with Gasteiger partial charge < -0.3 is 5.32 Å². The van der Waals surface area contributed by atoms with E-state index >= 15 is 0 Å². The number of benzene rings is 1. The van der Waals surface area contributed by atoms with Crippen LogP contribution in [0.5, 0.6) is 0 Å². The molecule has 0 bridgehead atoms. The first-order valence-electron chi connectivity index (χ1n) is 12.2. The molecule has 0 heterocycles. The van der Waals surface area contributed by atoms with Crippen molar-refractivity contribution in [2.45, 2.75) is 85.2 Å². The Morgan fingerprint density at radius 2 is 1.88 bits per heavy atom. The summed E-state index contributed by atoms with van der Waals surface area (Å²) in [7, 11) is 0. The highest BCUT2D eigenvalue weighted by molar-refractivity contribution is 5.95. The number of halogens is 3. The van der Waals surface area contributed by atoms with E-state index < -0.39 is 17.2 Å². The van der Waals surface area contributed by atoms with Crippen LogP contribution in [-0.2, 0) is 11.0 Å². The first-order chi connectivity index (χ1) is 14.9. The molecule has 1 N–H and O–H groups in total. The number of nitrogens with one attached hydrogen (secondary N) is 1. The van der Waals surface area contributed by atoms with Gasteiger partial charge in [0.15, 0.2) is 0 Å². The second kappa shape index (κ2) is 8.22. The molecular formula is C27H36F3NO. The van der Waals surface area contributed by atoms with E-state index in [0.29, 0.717) is 5.92 Å². The van der Waals surface area contributed by atoms with E-state index in [1.165, 1.54) is 18.9 Å². The van der Waals surface area contributed by atoms with Crippen LogP contribution in [0.1, 0.15) is 84.6 Å². The molecule has 176 valence electrons. The predicted molar refractivity (Wildman–Crippen MR) is 122 cm³/mol. The summed E-state index contributed by atoms with van der Waals surface area (Å²) in [6.07, 6.45) is 4.06. The van der Waals surface area contributed by atoms with E-state index in [0.717, 1.165) is 56.6 Å². The van der Waals surface area contributed by atoms with E-state index in [1.807, 2.05) is 6.92 Å². The first-order valence-corrected chi connectivity index (χ1v) is 12.2. The maximum Gasteiger partial charge on any atom is 0.416 e. The van der Waals surface area contributed by atoms with Crippen LogP contribution in [0.4, 0.5) is 18.9 Å². The highest BCUT2D eigenvalue weighted by Gasteiger charge is 2.56. The lowest BCUT2D eigenvalue weighted by Gasteiger charge is -2.56. The van der Waals surface area contributed by atoms with Gasteiger partial charge in [-0.15, -0.1) is 0 Å². The maximum atomic E-state index is 13.5. The third-order valence-electron chi connectivity index (χ3n) is 8.96. The number of allylic oxidation sites excluding steroid dienone is 2. The lowest BCUT2D eigenvalue weighted by molar-refractivity contribution is -0.138. The van der Waals surface area contributed by atoms with E-state index in [-0.39, 0.29) is 22.9 Å². The molecule has 5 heteroatoms. The summed E-state index contributed by atoms with van der Waals surface area (Å²) in [5.74, 6) is 1.55. The number of anilines is 1. The van der Waals surface area contributed by atoms with Crippen LogP contribution in [0.15, 0.2) is 35.4 Å². The van der Waals surface area contributed by atoms with E-state index in [2.05, 4.69) is 26.1 Å². The van der Waals surface area contributed by atoms with Gasteiger partial charge in [-0.2, -0.15) is 13.2 Å². The average Bonchev–Trinajstić information content (AvgIpc) is 2.72. The van der Waals surface area contributed by atoms with Crippen LogP contribution in [0.2, 0.25) is 0 Å². The molecule has 1 aromatic carbocycles. The Morgan fingerprint density at radius 3 is 2.56 bits per heavy atom. The number of hydrogen-bond donors (Lipinski definition) is 1. The van der Waals surface area contributed by atoms with Gasteiger partial charge in [-0.1, -0.05) is 51.3 Å². The fourth-order valence-corrected chi connectivity index (χ4v) is 7.07. The highest BCUT2D eigenvalue weighted by atomic mass is 19.4. The molecule has 0 aliphatic heterocycles. The molecule has 2 nitrogen and oxygen atoms in total. The molecule has 1 amide bonds. The van der Waals surface area contributed by atoms with Gasteiger partial charge in [0, 0.05) is 5.69 Å². The van der Waals surface area contributed by atoms with Crippen molar-refractivity contribution in [3.63, 3.8) is 0 Å². The number of amides is 1. The summed E-state index contributed by atoms with van der Waals surface area (Å²) >= 11 is 0. The van der Waals surface area contributed by atoms with Gasteiger partial charge in [-0.25, -0.2) is 0 Å². The Morgan fingerprint density at radius 1 is 1.12 bits per heavy atom. The molecule has 1 aromatic rings. The normalized spacial score (nSPS) is 33.0. The van der Waals surface area contributed by atoms with Gasteiger partial charge in [0.25, 0.3) is 0 Å². The Labute approximate surface area is 190 Å². The Bertz CT molecular complexity index is 918. The number of carbonyl (C=O) groups excluding carboxylic acids is 1. The molecule has 0 radical (unpaired) electrons. The van der Waals surface area contributed by atoms with Crippen LogP contribution in [-0.4, -0.2) is 5.91 Å². The number of carbonyl (C=O) groups is 1. The molecule has 0 spiro atoms. The molecule has 0 aromatic heterocycles. The van der Waals surface area contributed by atoms with Crippen LogP contribution >= 0.6 is 0 Å². The quantitative estimate of drug-likeness (QED) is 0.467. The zero-order valence-electron chi connectivity index (χ0n) is 19.7. The van der Waals surface area contributed by atoms with Crippen molar-refractivity contribution in [2.24, 2.45) is 28.6 Å². The number of hydrogen-bond acceptors (Lipinski definition) is 1. The largest absolute Gasteiger partial charge is 0.416 e. The smallest absolute Gasteiger partial charge is 0.326 e. The SMILES string of the molecule is CC(C)C1CCC2=C(CCC3C2(C)CCC[C@@]3(C)C(=O)Nc2cccc(C(F)(F)F)c2)C1. The summed E-state index contributed by atoms with van der Waals surface area (Å²) in [5.41, 5.74) is 2.18. The summed E-state index contributed by atoms with van der Waals surface area (Å²) in [5, 5.41) is 2.85. The van der Waals surface area contributed by atoms with Crippen molar-refractivity contribution in [3.05, 3.63) is 41.0 Å². The van der Waals surface area contributed by atoms with Crippen molar-refractivity contribution in [1.29, 1.82) is 0 Å². The zero-order valence-corrected chi connectivity index (χ0v) is 19.7. The van der Waals surface area contributed by atoms with E-state index in [1.54, 1.807) is 17.2 Å². The second-order valence-corrected chi connectivity index (χ2v) is 11.1. The highest BCUT2D eigenvalue weighted by Crippen LogP contribution is 2.62. The van der Waals surface area contributed by atoms with Crippen LogP contribution in [0.3, 0.4) is 0 Å². The molecule has 32 heavy (non-hydrogen) atoms. The predicted octanol–water partition coefficient (Wildman–Crippen LogP) is 8.00. The average molecular weight is 448 g/mol. The minimum atomic E-state index is -4.42. The molecule has 3 unspecified atom stereocenters. The van der Waals surface area contributed by atoms with E-state index in [4.69, 9.17) is 0 Å². The summed E-state index contributed by atoms with van der Waals surface area (Å²) in [4.78, 5) is 13.5. The van der Waals surface area contributed by atoms with Gasteiger partial charge in [0.2, 0.25) is 5.91 Å². The third kappa shape index (κ3) is 4.01. The number of rotatable bonds is 3. The van der Waals surface area contributed by atoms with Gasteiger partial charge in [-0.3, -0.25) is 4.79 Å². The molecule has 4 rings (SSSR count). The van der Waals surface area contributed by atoms with Gasteiger partial charge >= 0.3 is 6.18 Å². The van der Waals surface area contributed by atoms with Crippen LogP contribution in [0, 0.1) is 28.6 Å². The van der Waals surface area contributed by atoms with Crippen molar-refractivity contribution in [3.8, 4) is 0 Å². The monoisotopic (exact) mass is 447 g/mol.